The molecule has 0 aromatic heterocycles. The molecule has 8 heteroatoms. The number of carbonyl (C=O) groups is 1. The zero-order valence-electron chi connectivity index (χ0n) is 13.8. The van der Waals surface area contributed by atoms with Crippen LogP contribution in [0.4, 0.5) is 0 Å². The first-order valence-corrected chi connectivity index (χ1v) is 8.90. The first-order chi connectivity index (χ1) is 10.4. The van der Waals surface area contributed by atoms with Crippen LogP contribution in [-0.2, 0) is 14.8 Å². The van der Waals surface area contributed by atoms with Crippen LogP contribution >= 0.6 is 12.4 Å². The lowest BCUT2D eigenvalue weighted by atomic mass is 10.1. The predicted molar refractivity (Wildman–Crippen MR) is 94.0 cm³/mol. The number of hydrogen-bond acceptors (Lipinski definition) is 4. The Morgan fingerprint density at radius 3 is 2.17 bits per heavy atom. The highest BCUT2D eigenvalue weighted by Crippen LogP contribution is 2.19. The van der Waals surface area contributed by atoms with Crippen molar-refractivity contribution >= 4 is 28.3 Å². The lowest BCUT2D eigenvalue weighted by Gasteiger charge is -2.19. The molecule has 0 aliphatic carbocycles. The first kappa shape index (κ1) is 21.9. The summed E-state index contributed by atoms with van der Waals surface area (Å²) >= 11 is 0. The van der Waals surface area contributed by atoms with Crippen LogP contribution in [-0.4, -0.2) is 38.3 Å². The van der Waals surface area contributed by atoms with E-state index in [1.807, 2.05) is 20.8 Å². The van der Waals surface area contributed by atoms with E-state index in [1.165, 1.54) is 4.31 Å². The van der Waals surface area contributed by atoms with Crippen molar-refractivity contribution in [2.75, 3.05) is 19.6 Å². The van der Waals surface area contributed by atoms with Gasteiger partial charge in [0, 0.05) is 26.1 Å². The zero-order chi connectivity index (χ0) is 16.8. The van der Waals surface area contributed by atoms with Crippen LogP contribution in [0.2, 0.25) is 0 Å². The highest BCUT2D eigenvalue weighted by molar-refractivity contribution is 7.89. The van der Waals surface area contributed by atoms with Crippen LogP contribution in [0.25, 0.3) is 0 Å². The molecule has 0 saturated carbocycles. The fourth-order valence-electron chi connectivity index (χ4n) is 2.17. The van der Waals surface area contributed by atoms with Gasteiger partial charge in [-0.3, -0.25) is 4.79 Å². The van der Waals surface area contributed by atoms with Gasteiger partial charge in [-0.1, -0.05) is 26.0 Å². The second kappa shape index (κ2) is 9.87. The van der Waals surface area contributed by atoms with Crippen molar-refractivity contribution in [3.63, 3.8) is 0 Å². The van der Waals surface area contributed by atoms with Gasteiger partial charge in [-0.05, 0) is 24.6 Å². The van der Waals surface area contributed by atoms with Gasteiger partial charge in [0.25, 0.3) is 0 Å². The Hall–Kier alpha value is -1.15. The van der Waals surface area contributed by atoms with E-state index in [-0.39, 0.29) is 35.7 Å². The van der Waals surface area contributed by atoms with Gasteiger partial charge < -0.3 is 11.1 Å². The molecular weight excluding hydrogens is 338 g/mol. The van der Waals surface area contributed by atoms with Crippen molar-refractivity contribution < 1.29 is 13.2 Å². The molecule has 0 spiro atoms. The Morgan fingerprint density at radius 1 is 1.22 bits per heavy atom. The molecule has 1 rings (SSSR count). The molecule has 6 nitrogen and oxygen atoms in total. The molecule has 0 aliphatic rings. The minimum absolute atomic E-state index is 0. The molecule has 1 atom stereocenters. The van der Waals surface area contributed by atoms with Crippen molar-refractivity contribution in [1.82, 2.24) is 9.62 Å². The molecule has 0 saturated heterocycles. The molecule has 1 aromatic carbocycles. The van der Waals surface area contributed by atoms with E-state index in [0.29, 0.717) is 19.6 Å². The molecular formula is C15H26ClN3O3S. The quantitative estimate of drug-likeness (QED) is 0.734. The second-order valence-corrected chi connectivity index (χ2v) is 6.92. The number of hydrogen-bond donors (Lipinski definition) is 2. The van der Waals surface area contributed by atoms with Gasteiger partial charge >= 0.3 is 0 Å². The Balaban J connectivity index is 0.00000484. The summed E-state index contributed by atoms with van der Waals surface area (Å²) < 4.78 is 26.2. The van der Waals surface area contributed by atoms with Gasteiger partial charge in [0.15, 0.2) is 0 Å². The molecule has 0 radical (unpaired) electrons. The van der Waals surface area contributed by atoms with Crippen molar-refractivity contribution in [2.24, 2.45) is 5.73 Å². The predicted octanol–water partition coefficient (Wildman–Crippen LogP) is 1.66. The van der Waals surface area contributed by atoms with E-state index in [9.17, 15) is 13.2 Å². The molecule has 1 amide bonds. The Kier molecular flexibility index (Phi) is 9.38. The number of rotatable bonds is 8. The Labute approximate surface area is 144 Å². The third kappa shape index (κ3) is 5.76. The molecule has 23 heavy (non-hydrogen) atoms. The fraction of sp³-hybridized carbons (Fsp3) is 0.533. The number of sulfonamides is 1. The molecule has 1 unspecified atom stereocenters. The summed E-state index contributed by atoms with van der Waals surface area (Å²) in [4.78, 5) is 11.8. The van der Waals surface area contributed by atoms with Crippen molar-refractivity contribution in [1.29, 1.82) is 0 Å². The fourth-order valence-corrected chi connectivity index (χ4v) is 3.63. The minimum Gasteiger partial charge on any atom is -0.350 e. The van der Waals surface area contributed by atoms with Crippen LogP contribution in [0.3, 0.4) is 0 Å². The largest absolute Gasteiger partial charge is 0.350 e. The lowest BCUT2D eigenvalue weighted by Crippen LogP contribution is -2.30. The van der Waals surface area contributed by atoms with E-state index in [2.05, 4.69) is 5.32 Å². The van der Waals surface area contributed by atoms with Gasteiger partial charge in [-0.2, -0.15) is 4.31 Å². The smallest absolute Gasteiger partial charge is 0.243 e. The number of nitrogens with zero attached hydrogens (tertiary/aromatic N) is 1. The number of nitrogens with two attached hydrogens (primary N) is 1. The molecule has 0 fully saturated rings. The summed E-state index contributed by atoms with van der Waals surface area (Å²) in [5.41, 5.74) is 6.18. The van der Waals surface area contributed by atoms with Crippen molar-refractivity contribution in [2.45, 2.75) is 38.1 Å². The van der Waals surface area contributed by atoms with Crippen molar-refractivity contribution in [3.05, 3.63) is 29.8 Å². The Bertz CT molecular complexity index is 586. The average molecular weight is 364 g/mol. The maximum absolute atomic E-state index is 12.4. The monoisotopic (exact) mass is 363 g/mol. The van der Waals surface area contributed by atoms with Crippen LogP contribution in [0.1, 0.15) is 38.8 Å². The molecule has 3 N–H and O–H groups in total. The normalized spacial score (nSPS) is 12.6. The summed E-state index contributed by atoms with van der Waals surface area (Å²) in [7, 11) is -3.45. The van der Waals surface area contributed by atoms with Gasteiger partial charge in [-0.25, -0.2) is 8.42 Å². The highest BCUT2D eigenvalue weighted by atomic mass is 35.5. The molecule has 132 valence electrons. The average Bonchev–Trinajstić information content (AvgIpc) is 2.48. The van der Waals surface area contributed by atoms with E-state index < -0.39 is 10.0 Å². The number of carbonyl (C=O) groups excluding carboxylic acids is 1. The third-order valence-electron chi connectivity index (χ3n) is 3.47. The first-order valence-electron chi connectivity index (χ1n) is 7.46. The van der Waals surface area contributed by atoms with Gasteiger partial charge in [0.1, 0.15) is 0 Å². The summed E-state index contributed by atoms with van der Waals surface area (Å²) in [6.07, 6.45) is 0.277. The molecule has 0 aliphatic heterocycles. The highest BCUT2D eigenvalue weighted by Gasteiger charge is 2.21. The SMILES string of the molecule is CCN(CC)S(=O)(=O)c1ccc(C(C)NC(=O)CCN)cc1.Cl. The summed E-state index contributed by atoms with van der Waals surface area (Å²) in [5, 5.41) is 2.82. The number of amides is 1. The summed E-state index contributed by atoms with van der Waals surface area (Å²) in [5.74, 6) is -0.116. The van der Waals surface area contributed by atoms with E-state index >= 15 is 0 Å². The van der Waals surface area contributed by atoms with E-state index in [1.54, 1.807) is 24.3 Å². The number of halogens is 1. The maximum Gasteiger partial charge on any atom is 0.243 e. The third-order valence-corrected chi connectivity index (χ3v) is 5.54. The molecule has 0 bridgehead atoms. The van der Waals surface area contributed by atoms with E-state index in [4.69, 9.17) is 5.73 Å². The van der Waals surface area contributed by atoms with Crippen molar-refractivity contribution in [3.8, 4) is 0 Å². The van der Waals surface area contributed by atoms with Crippen LogP contribution in [0.5, 0.6) is 0 Å². The van der Waals surface area contributed by atoms with Gasteiger partial charge in [-0.15, -0.1) is 12.4 Å². The second-order valence-electron chi connectivity index (χ2n) is 4.99. The lowest BCUT2D eigenvalue weighted by molar-refractivity contribution is -0.121. The van der Waals surface area contributed by atoms with Crippen LogP contribution in [0.15, 0.2) is 29.2 Å². The summed E-state index contributed by atoms with van der Waals surface area (Å²) in [6, 6.07) is 6.42. The molecule has 1 aromatic rings. The minimum atomic E-state index is -3.45. The Morgan fingerprint density at radius 2 is 1.74 bits per heavy atom. The number of benzene rings is 1. The van der Waals surface area contributed by atoms with Gasteiger partial charge in [0.2, 0.25) is 15.9 Å². The zero-order valence-corrected chi connectivity index (χ0v) is 15.4. The van der Waals surface area contributed by atoms with Crippen LogP contribution < -0.4 is 11.1 Å². The number of nitrogens with one attached hydrogen (secondary N) is 1. The van der Waals surface area contributed by atoms with Crippen LogP contribution in [0, 0.1) is 0 Å². The van der Waals surface area contributed by atoms with E-state index in [0.717, 1.165) is 5.56 Å². The standard InChI is InChI=1S/C15H25N3O3S.ClH/c1-4-18(5-2)22(20,21)14-8-6-13(7-9-14)12(3)17-15(19)10-11-16;/h6-9,12H,4-5,10-11,16H2,1-3H3,(H,17,19);1H. The summed E-state index contributed by atoms with van der Waals surface area (Å²) in [6.45, 7) is 6.65. The van der Waals surface area contributed by atoms with Gasteiger partial charge in [0.05, 0.1) is 10.9 Å². The topological polar surface area (TPSA) is 92.5 Å². The maximum atomic E-state index is 12.4. The molecule has 0 heterocycles.